The third kappa shape index (κ3) is 7.02. The third-order valence-electron chi connectivity index (χ3n) is 6.47. The molecule has 0 aromatic heterocycles. The minimum absolute atomic E-state index is 0.0664. The van der Waals surface area contributed by atoms with Gasteiger partial charge in [0.05, 0.1) is 11.7 Å². The van der Waals surface area contributed by atoms with Crippen molar-refractivity contribution < 1.29 is 28.2 Å². The zero-order valence-electron chi connectivity index (χ0n) is 21.6. The number of carbonyl (C=O) groups excluding carboxylic acids is 2. The number of amides is 2. The summed E-state index contributed by atoms with van der Waals surface area (Å²) in [5, 5.41) is 2.75. The lowest BCUT2D eigenvalue weighted by atomic mass is 10.0. The van der Waals surface area contributed by atoms with E-state index in [0.29, 0.717) is 42.2 Å². The molecule has 3 atom stereocenters. The van der Waals surface area contributed by atoms with Crippen LogP contribution in [-0.4, -0.2) is 81.3 Å². The second kappa shape index (κ2) is 12.8. The van der Waals surface area contributed by atoms with E-state index in [4.69, 9.17) is 14.2 Å². The Balaban J connectivity index is 1.94. The van der Waals surface area contributed by atoms with Crippen LogP contribution in [0.15, 0.2) is 42.5 Å². The number of hydrogen-bond donors (Lipinski definition) is 1. The first kappa shape index (κ1) is 27.6. The van der Waals surface area contributed by atoms with E-state index in [2.05, 4.69) is 17.1 Å². The lowest BCUT2D eigenvalue weighted by Crippen LogP contribution is -2.46. The van der Waals surface area contributed by atoms with Crippen molar-refractivity contribution in [1.82, 2.24) is 9.80 Å². The SMILES string of the molecule is COCC(=O)Nc1ccc2c(c1)OC[C@@H](C)N(Cc1ccccc1F)C[C@H](C)[C@H](OC)CN(C)C2=O. The third-order valence-corrected chi connectivity index (χ3v) is 6.47. The van der Waals surface area contributed by atoms with Gasteiger partial charge in [0.2, 0.25) is 5.91 Å². The number of fused-ring (bicyclic) bond motifs is 1. The summed E-state index contributed by atoms with van der Waals surface area (Å²) in [7, 11) is 4.81. The lowest BCUT2D eigenvalue weighted by molar-refractivity contribution is -0.119. The molecule has 0 radical (unpaired) electrons. The number of likely N-dealkylation sites (N-methyl/N-ethyl adjacent to an activating group) is 1. The van der Waals surface area contributed by atoms with Crippen molar-refractivity contribution in [2.24, 2.45) is 5.92 Å². The van der Waals surface area contributed by atoms with Gasteiger partial charge in [-0.15, -0.1) is 0 Å². The fourth-order valence-corrected chi connectivity index (χ4v) is 4.32. The quantitative estimate of drug-likeness (QED) is 0.654. The van der Waals surface area contributed by atoms with E-state index in [1.807, 2.05) is 13.0 Å². The van der Waals surface area contributed by atoms with Crippen molar-refractivity contribution in [1.29, 1.82) is 0 Å². The standard InChI is InChI=1S/C27H36FN3O5/c1-18-13-31(14-20-8-6-7-9-23(20)28)19(2)16-36-24-12-21(29-26(32)17-34-4)10-11-22(24)27(33)30(3)15-25(18)35-5/h6-12,18-19,25H,13-17H2,1-5H3,(H,29,32)/t18-,19+,25+/m0/s1. The second-order valence-electron chi connectivity index (χ2n) is 9.31. The molecule has 2 aromatic carbocycles. The number of benzene rings is 2. The highest BCUT2D eigenvalue weighted by Gasteiger charge is 2.29. The second-order valence-corrected chi connectivity index (χ2v) is 9.31. The van der Waals surface area contributed by atoms with Gasteiger partial charge in [-0.25, -0.2) is 4.39 Å². The van der Waals surface area contributed by atoms with Gasteiger partial charge < -0.3 is 24.4 Å². The molecule has 0 saturated carbocycles. The van der Waals surface area contributed by atoms with Crippen molar-refractivity contribution in [3.63, 3.8) is 0 Å². The van der Waals surface area contributed by atoms with Crippen LogP contribution in [0.3, 0.4) is 0 Å². The number of methoxy groups -OCH3 is 2. The minimum atomic E-state index is -0.310. The molecule has 1 aliphatic heterocycles. The summed E-state index contributed by atoms with van der Waals surface area (Å²) in [4.78, 5) is 29.1. The Kier molecular flexibility index (Phi) is 9.81. The Bertz CT molecular complexity index is 1050. The number of rotatable bonds is 6. The van der Waals surface area contributed by atoms with E-state index in [1.54, 1.807) is 49.4 Å². The largest absolute Gasteiger partial charge is 0.491 e. The number of halogens is 1. The van der Waals surface area contributed by atoms with Gasteiger partial charge in [0, 0.05) is 64.3 Å². The predicted molar refractivity (Wildman–Crippen MR) is 136 cm³/mol. The summed E-state index contributed by atoms with van der Waals surface area (Å²) in [6.07, 6.45) is -0.217. The molecule has 0 saturated heterocycles. The van der Waals surface area contributed by atoms with Crippen LogP contribution < -0.4 is 10.1 Å². The molecule has 0 bridgehead atoms. The molecule has 0 spiro atoms. The number of anilines is 1. The molecule has 196 valence electrons. The van der Waals surface area contributed by atoms with Gasteiger partial charge >= 0.3 is 0 Å². The van der Waals surface area contributed by atoms with Crippen LogP contribution >= 0.6 is 0 Å². The normalized spacial score (nSPS) is 21.7. The van der Waals surface area contributed by atoms with Crippen LogP contribution in [0.1, 0.15) is 29.8 Å². The first-order valence-corrected chi connectivity index (χ1v) is 12.0. The molecule has 0 unspecified atom stereocenters. The lowest BCUT2D eigenvalue weighted by Gasteiger charge is -2.36. The van der Waals surface area contributed by atoms with Crippen molar-refractivity contribution in [2.75, 3.05) is 52.9 Å². The Hall–Kier alpha value is -3.01. The Morgan fingerprint density at radius 3 is 2.61 bits per heavy atom. The molecule has 1 heterocycles. The van der Waals surface area contributed by atoms with Gasteiger partial charge in [-0.05, 0) is 31.0 Å². The van der Waals surface area contributed by atoms with Crippen LogP contribution in [-0.2, 0) is 20.8 Å². The zero-order chi connectivity index (χ0) is 26.2. The molecule has 3 rings (SSSR count). The zero-order valence-corrected chi connectivity index (χ0v) is 21.6. The maximum absolute atomic E-state index is 14.5. The van der Waals surface area contributed by atoms with Crippen molar-refractivity contribution in [2.45, 2.75) is 32.5 Å². The fourth-order valence-electron chi connectivity index (χ4n) is 4.32. The van der Waals surface area contributed by atoms with Gasteiger partial charge in [-0.2, -0.15) is 0 Å². The van der Waals surface area contributed by atoms with E-state index in [0.717, 1.165) is 0 Å². The summed E-state index contributed by atoms with van der Waals surface area (Å²) in [5.74, 6) is -0.334. The molecule has 1 aliphatic rings. The van der Waals surface area contributed by atoms with Crippen LogP contribution in [0.25, 0.3) is 0 Å². The van der Waals surface area contributed by atoms with E-state index < -0.39 is 0 Å². The minimum Gasteiger partial charge on any atom is -0.491 e. The molecular weight excluding hydrogens is 465 g/mol. The predicted octanol–water partition coefficient (Wildman–Crippen LogP) is 3.42. The number of carbonyl (C=O) groups is 2. The highest BCUT2D eigenvalue weighted by atomic mass is 19.1. The van der Waals surface area contributed by atoms with Gasteiger partial charge in [-0.3, -0.25) is 14.5 Å². The number of ether oxygens (including phenoxy) is 3. The summed E-state index contributed by atoms with van der Waals surface area (Å²) >= 11 is 0. The van der Waals surface area contributed by atoms with E-state index in [9.17, 15) is 14.0 Å². The van der Waals surface area contributed by atoms with Crippen molar-refractivity contribution >= 4 is 17.5 Å². The number of nitrogens with one attached hydrogen (secondary N) is 1. The van der Waals surface area contributed by atoms with Crippen LogP contribution in [0.4, 0.5) is 10.1 Å². The first-order chi connectivity index (χ1) is 17.2. The first-order valence-electron chi connectivity index (χ1n) is 12.0. The van der Waals surface area contributed by atoms with Gasteiger partial charge in [-0.1, -0.05) is 25.1 Å². The van der Waals surface area contributed by atoms with E-state index in [1.165, 1.54) is 13.2 Å². The molecule has 36 heavy (non-hydrogen) atoms. The number of nitrogens with zero attached hydrogens (tertiary/aromatic N) is 2. The smallest absolute Gasteiger partial charge is 0.257 e. The fraction of sp³-hybridized carbons (Fsp3) is 0.481. The summed E-state index contributed by atoms with van der Waals surface area (Å²) < 4.78 is 31.3. The average Bonchev–Trinajstić information content (AvgIpc) is 2.85. The Morgan fingerprint density at radius 1 is 1.17 bits per heavy atom. The summed E-state index contributed by atoms with van der Waals surface area (Å²) in [5.41, 5.74) is 1.49. The van der Waals surface area contributed by atoms with E-state index >= 15 is 0 Å². The summed E-state index contributed by atoms with van der Waals surface area (Å²) in [6.45, 7) is 5.68. The molecule has 0 fully saturated rings. The van der Waals surface area contributed by atoms with Gasteiger partial charge in [0.25, 0.3) is 5.91 Å². The Morgan fingerprint density at radius 2 is 1.92 bits per heavy atom. The molecule has 2 amide bonds. The van der Waals surface area contributed by atoms with Crippen molar-refractivity contribution in [3.05, 3.63) is 59.4 Å². The van der Waals surface area contributed by atoms with Gasteiger partial charge in [0.15, 0.2) is 0 Å². The number of hydrogen-bond acceptors (Lipinski definition) is 6. The molecule has 2 aromatic rings. The van der Waals surface area contributed by atoms with Crippen molar-refractivity contribution in [3.8, 4) is 5.75 Å². The maximum atomic E-state index is 14.5. The molecule has 9 heteroatoms. The Labute approximate surface area is 212 Å². The van der Waals surface area contributed by atoms with Crippen LogP contribution in [0, 0.1) is 11.7 Å². The maximum Gasteiger partial charge on any atom is 0.257 e. The molecule has 1 N–H and O–H groups in total. The van der Waals surface area contributed by atoms with Gasteiger partial charge in [0.1, 0.15) is 24.8 Å². The molecule has 8 nitrogen and oxygen atoms in total. The highest BCUT2D eigenvalue weighted by Crippen LogP contribution is 2.27. The van der Waals surface area contributed by atoms with Crippen LogP contribution in [0.2, 0.25) is 0 Å². The van der Waals surface area contributed by atoms with Crippen LogP contribution in [0.5, 0.6) is 5.75 Å². The highest BCUT2D eigenvalue weighted by molar-refractivity contribution is 5.98. The summed E-state index contributed by atoms with van der Waals surface area (Å²) in [6, 6.07) is 11.6. The van der Waals surface area contributed by atoms with E-state index in [-0.39, 0.29) is 48.9 Å². The average molecular weight is 502 g/mol. The monoisotopic (exact) mass is 501 g/mol. The topological polar surface area (TPSA) is 80.3 Å². The molecular formula is C27H36FN3O5. The molecule has 0 aliphatic carbocycles.